The average molecular weight is 929 g/mol. The van der Waals surface area contributed by atoms with E-state index in [1.807, 2.05) is 41.7 Å². The first-order valence-electron chi connectivity index (χ1n) is 23.6. The van der Waals surface area contributed by atoms with Crippen molar-refractivity contribution in [2.75, 3.05) is 48.0 Å². The molecule has 1 aromatic rings. The van der Waals surface area contributed by atoms with Crippen molar-refractivity contribution < 1.29 is 67.9 Å². The third-order valence-corrected chi connectivity index (χ3v) is 14.2. The van der Waals surface area contributed by atoms with Gasteiger partial charge in [-0.15, -0.1) is 0 Å². The monoisotopic (exact) mass is 929 g/mol. The molecule has 65 heavy (non-hydrogen) atoms. The molecule has 0 bridgehead atoms. The normalized spacial score (nSPS) is 42.6. The average Bonchev–Trinajstić information content (AvgIpc) is 3.26. The van der Waals surface area contributed by atoms with Crippen LogP contribution in [0, 0.1) is 17.8 Å². The predicted molar refractivity (Wildman–Crippen MR) is 243 cm³/mol. The molecule has 0 aromatic carbocycles. The second-order valence-electron chi connectivity index (χ2n) is 19.5. The lowest BCUT2D eigenvalue weighted by Gasteiger charge is -2.53. The zero-order valence-corrected chi connectivity index (χ0v) is 41.7. The van der Waals surface area contributed by atoms with Crippen molar-refractivity contribution in [2.24, 2.45) is 17.8 Å². The number of nitrogens with one attached hydrogen (secondary N) is 3. The van der Waals surface area contributed by atoms with Gasteiger partial charge in [0.05, 0.1) is 56.2 Å². The Morgan fingerprint density at radius 1 is 0.938 bits per heavy atom. The van der Waals surface area contributed by atoms with Crippen LogP contribution in [0.25, 0.3) is 0 Å². The molecular formula is C47H84N4O14. The maximum Gasteiger partial charge on any atom is 0.311 e. The molecule has 0 spiro atoms. The van der Waals surface area contributed by atoms with Crippen LogP contribution in [0.5, 0.6) is 17.5 Å². The number of nitrogens with zero attached hydrogens (tertiary/aromatic N) is 1. The van der Waals surface area contributed by atoms with Crippen molar-refractivity contribution in [1.29, 1.82) is 0 Å². The van der Waals surface area contributed by atoms with Gasteiger partial charge in [0.25, 0.3) is 5.88 Å². The summed E-state index contributed by atoms with van der Waals surface area (Å²) in [6.45, 7) is 20.9. The van der Waals surface area contributed by atoms with Gasteiger partial charge in [-0.2, -0.15) is 4.98 Å². The van der Waals surface area contributed by atoms with Gasteiger partial charge in [-0.05, 0) is 106 Å². The van der Waals surface area contributed by atoms with E-state index >= 15 is 0 Å². The SMILES string of the molecule is CCCNC[C@]1(O)[C@H](C)O[C@@H](O[C@H]2[C@H](C)[C@@H](O[C@@H]3O[C@H](C)C[C@H](NC)[C@H]3Oc3ccc(OC)nc3OC)[C@](C)(O)C[C@@H](C)CN[C@H](C)[C@@H](O)[C@](C)(O)[C@@H](CC)OC(=O)[C@@H]2C)C[C@@]1(C)OC. The smallest absolute Gasteiger partial charge is 0.311 e. The van der Waals surface area contributed by atoms with Crippen molar-refractivity contribution in [2.45, 2.75) is 198 Å². The number of methoxy groups -OCH3 is 3. The predicted octanol–water partition coefficient (Wildman–Crippen LogP) is 3.09. The van der Waals surface area contributed by atoms with E-state index in [-0.39, 0.29) is 49.8 Å². The first kappa shape index (κ1) is 55.1. The molecule has 0 unspecified atom stereocenters. The van der Waals surface area contributed by atoms with Gasteiger partial charge >= 0.3 is 5.97 Å². The topological polar surface area (TPSA) is 230 Å². The number of esters is 1. The van der Waals surface area contributed by atoms with E-state index in [2.05, 4.69) is 20.9 Å². The minimum absolute atomic E-state index is 0.0743. The van der Waals surface area contributed by atoms with Crippen LogP contribution in [0.3, 0.4) is 0 Å². The van der Waals surface area contributed by atoms with Crippen molar-refractivity contribution in [3.63, 3.8) is 0 Å². The molecule has 0 aliphatic carbocycles. The molecule has 1 aromatic heterocycles. The van der Waals surface area contributed by atoms with Crippen LogP contribution >= 0.6 is 0 Å². The Morgan fingerprint density at radius 2 is 1.63 bits per heavy atom. The molecule has 0 saturated carbocycles. The van der Waals surface area contributed by atoms with Crippen LogP contribution in [-0.2, 0) is 33.2 Å². The number of aliphatic hydroxyl groups excluding tert-OH is 1. The highest BCUT2D eigenvalue weighted by Crippen LogP contribution is 2.43. The molecule has 3 aliphatic heterocycles. The van der Waals surface area contributed by atoms with Gasteiger partial charge < -0.3 is 79.0 Å². The number of carbonyl (C=O) groups excluding carboxylic acids is 1. The van der Waals surface area contributed by atoms with Crippen molar-refractivity contribution in [3.8, 4) is 17.5 Å². The Hall–Kier alpha value is -2.46. The first-order chi connectivity index (χ1) is 30.5. The molecule has 376 valence electrons. The maximum atomic E-state index is 14.6. The fraction of sp³-hybridized carbons (Fsp3) is 0.872. The van der Waals surface area contributed by atoms with Gasteiger partial charge in [0.1, 0.15) is 29.0 Å². The van der Waals surface area contributed by atoms with E-state index in [1.165, 1.54) is 28.3 Å². The van der Waals surface area contributed by atoms with Gasteiger partial charge in [-0.3, -0.25) is 4.79 Å². The number of pyridine rings is 1. The number of hydrogen-bond acceptors (Lipinski definition) is 18. The number of aliphatic hydroxyl groups is 4. The molecule has 18 heteroatoms. The summed E-state index contributed by atoms with van der Waals surface area (Å²) in [5.74, 6) is -1.95. The van der Waals surface area contributed by atoms with E-state index in [9.17, 15) is 25.2 Å². The number of cyclic esters (lactones) is 1. The summed E-state index contributed by atoms with van der Waals surface area (Å²) in [5, 5.41) is 58.4. The number of ether oxygens (including phenoxy) is 9. The summed E-state index contributed by atoms with van der Waals surface area (Å²) in [6.07, 6.45) is -6.75. The number of likely N-dealkylation sites (N-methyl/N-ethyl adjacent to an activating group) is 1. The second kappa shape index (κ2) is 23.2. The number of rotatable bonds is 15. The third-order valence-electron chi connectivity index (χ3n) is 14.2. The van der Waals surface area contributed by atoms with Crippen molar-refractivity contribution in [1.82, 2.24) is 20.9 Å². The third kappa shape index (κ3) is 12.6. The number of hydrogen-bond donors (Lipinski definition) is 7. The lowest BCUT2D eigenvalue weighted by atomic mass is 9.75. The zero-order chi connectivity index (χ0) is 48.7. The molecule has 4 heterocycles. The highest BCUT2D eigenvalue weighted by molar-refractivity contribution is 5.73. The molecule has 18 atom stereocenters. The van der Waals surface area contributed by atoms with E-state index in [1.54, 1.807) is 46.8 Å². The number of aromatic nitrogens is 1. The maximum absolute atomic E-state index is 14.6. The van der Waals surface area contributed by atoms with Gasteiger partial charge in [-0.25, -0.2) is 0 Å². The summed E-state index contributed by atoms with van der Waals surface area (Å²) in [6, 6.07) is 2.43. The van der Waals surface area contributed by atoms with Crippen LogP contribution in [0.2, 0.25) is 0 Å². The number of carbonyl (C=O) groups is 1. The Labute approximate surface area is 387 Å². The van der Waals surface area contributed by atoms with Crippen molar-refractivity contribution in [3.05, 3.63) is 12.1 Å². The summed E-state index contributed by atoms with van der Waals surface area (Å²) in [7, 11) is 6.35. The van der Waals surface area contributed by atoms with Crippen LogP contribution in [0.1, 0.15) is 108 Å². The minimum Gasteiger partial charge on any atom is -0.481 e. The first-order valence-corrected chi connectivity index (χ1v) is 23.6. The van der Waals surface area contributed by atoms with E-state index < -0.39 is 95.5 Å². The molecule has 3 saturated heterocycles. The van der Waals surface area contributed by atoms with Gasteiger partial charge in [-0.1, -0.05) is 27.7 Å². The van der Waals surface area contributed by atoms with Crippen molar-refractivity contribution >= 4 is 5.97 Å². The fourth-order valence-corrected chi connectivity index (χ4v) is 10.0. The van der Waals surface area contributed by atoms with Crippen LogP contribution in [0.4, 0.5) is 0 Å². The summed E-state index contributed by atoms with van der Waals surface area (Å²) < 4.78 is 57.0. The van der Waals surface area contributed by atoms with Gasteiger partial charge in [0, 0.05) is 38.1 Å². The lowest BCUT2D eigenvalue weighted by molar-refractivity contribution is -0.335. The Balaban J connectivity index is 1.87. The minimum atomic E-state index is -1.84. The zero-order valence-electron chi connectivity index (χ0n) is 41.7. The largest absolute Gasteiger partial charge is 0.481 e. The molecule has 7 N–H and O–H groups in total. The fourth-order valence-electron chi connectivity index (χ4n) is 10.0. The van der Waals surface area contributed by atoms with Gasteiger partial charge in [0.2, 0.25) is 5.88 Å². The molecule has 3 aliphatic rings. The molecule has 18 nitrogen and oxygen atoms in total. The summed E-state index contributed by atoms with van der Waals surface area (Å²) >= 11 is 0. The van der Waals surface area contributed by atoms with E-state index in [0.29, 0.717) is 31.1 Å². The molecular weight excluding hydrogens is 845 g/mol. The highest BCUT2D eigenvalue weighted by Gasteiger charge is 2.58. The highest BCUT2D eigenvalue weighted by atomic mass is 16.7. The van der Waals surface area contributed by atoms with Crippen LogP contribution in [0.15, 0.2) is 12.1 Å². The summed E-state index contributed by atoms with van der Waals surface area (Å²) in [5.41, 5.74) is -6.08. The Morgan fingerprint density at radius 3 is 2.23 bits per heavy atom. The Kier molecular flexibility index (Phi) is 19.7. The second-order valence-corrected chi connectivity index (χ2v) is 19.5. The molecule has 0 radical (unpaired) electrons. The molecule has 3 fully saturated rings. The standard InChI is InChI=1S/C47H84N4O14/c1-16-20-49-25-47(56)31(8)61-36(23-45(47,10)59-15)64-37-28(5)40(65-43-38(32(48-12)21-27(4)60-43)62-33-18-19-35(57-13)51-41(33)58-14)44(9,54)22-26(3)24-50-30(7)39(52)46(11,55)34(17-2)63-42(53)29(37)6/h18-19,26-32,34,36-40,43,48-50,52,54-56H,16-17,20-25H2,1-15H3/t26-,27-,28+,29-,30-,31+,32+,34-,36+,37+,38-,39-,40-,43+,44-,45-,46-,47+/m1/s1. The molecule has 4 rings (SSSR count). The van der Waals surface area contributed by atoms with Crippen LogP contribution < -0.4 is 30.2 Å². The molecule has 0 amide bonds. The van der Waals surface area contributed by atoms with Gasteiger partial charge in [0.15, 0.2) is 24.4 Å². The van der Waals surface area contributed by atoms with E-state index in [4.69, 9.17) is 42.6 Å². The Bertz CT molecular complexity index is 1640. The quantitative estimate of drug-likeness (QED) is 0.0990. The lowest BCUT2D eigenvalue weighted by Crippen LogP contribution is -2.70. The van der Waals surface area contributed by atoms with E-state index in [0.717, 1.165) is 6.42 Å². The van der Waals surface area contributed by atoms with Crippen LogP contribution in [-0.4, -0.2) is 169 Å². The summed E-state index contributed by atoms with van der Waals surface area (Å²) in [4.78, 5) is 19.0.